The van der Waals surface area contributed by atoms with E-state index in [0.717, 1.165) is 68.7 Å². The van der Waals surface area contributed by atoms with Crippen LogP contribution in [-0.2, 0) is 12.8 Å². The summed E-state index contributed by atoms with van der Waals surface area (Å²) in [4.78, 5) is 11.8. The molecule has 4 heterocycles. The average molecular weight is 555 g/mol. The highest BCUT2D eigenvalue weighted by Gasteiger charge is 2.42. The van der Waals surface area contributed by atoms with Gasteiger partial charge in [0, 0.05) is 56.0 Å². The van der Waals surface area contributed by atoms with Crippen LogP contribution in [-0.4, -0.2) is 60.6 Å². The van der Waals surface area contributed by atoms with Gasteiger partial charge in [0.1, 0.15) is 5.76 Å². The molecule has 3 aliphatic rings. The van der Waals surface area contributed by atoms with E-state index in [4.69, 9.17) is 9.41 Å². The molecule has 2 aromatic heterocycles. The number of nitrogens with one attached hydrogen (secondary N) is 1. The zero-order valence-electron chi connectivity index (χ0n) is 18.2. The van der Waals surface area contributed by atoms with Gasteiger partial charge in [0.15, 0.2) is 5.96 Å². The van der Waals surface area contributed by atoms with E-state index in [2.05, 4.69) is 38.7 Å². The Kier molecular flexibility index (Phi) is 8.34. The minimum atomic E-state index is 0. The normalized spacial score (nSPS) is 24.5. The molecule has 170 valence electrons. The summed E-state index contributed by atoms with van der Waals surface area (Å²) < 4.78 is 5.50. The van der Waals surface area contributed by atoms with E-state index in [1.807, 2.05) is 17.4 Å². The largest absolute Gasteiger partial charge is 0.469 e. The Bertz CT molecular complexity index is 806. The van der Waals surface area contributed by atoms with Crippen molar-refractivity contribution in [2.24, 2.45) is 10.9 Å². The highest BCUT2D eigenvalue weighted by atomic mass is 127. The summed E-state index contributed by atoms with van der Waals surface area (Å²) in [5.41, 5.74) is 0. The molecule has 2 aromatic rings. The lowest BCUT2D eigenvalue weighted by molar-refractivity contribution is 0.0370. The predicted octanol–water partition coefficient (Wildman–Crippen LogP) is 4.64. The van der Waals surface area contributed by atoms with Gasteiger partial charge < -0.3 is 14.6 Å². The van der Waals surface area contributed by atoms with Crippen LogP contribution in [0.4, 0.5) is 0 Å². The van der Waals surface area contributed by atoms with Gasteiger partial charge in [0.05, 0.1) is 6.26 Å². The number of aliphatic imine (C=N–C) groups is 1. The molecular formula is C24H35IN4OS. The summed E-state index contributed by atoms with van der Waals surface area (Å²) in [5, 5.41) is 5.81. The van der Waals surface area contributed by atoms with Crippen LogP contribution >= 0.6 is 35.3 Å². The van der Waals surface area contributed by atoms with Crippen molar-refractivity contribution in [3.63, 3.8) is 0 Å². The number of hydrogen-bond acceptors (Lipinski definition) is 4. The fourth-order valence-electron chi connectivity index (χ4n) is 5.24. The quantitative estimate of drug-likeness (QED) is 0.308. The van der Waals surface area contributed by atoms with Crippen molar-refractivity contribution in [2.45, 2.75) is 57.0 Å². The van der Waals surface area contributed by atoms with Crippen LogP contribution < -0.4 is 5.32 Å². The summed E-state index contributed by atoms with van der Waals surface area (Å²) >= 11 is 1.83. The van der Waals surface area contributed by atoms with Crippen molar-refractivity contribution in [2.75, 3.05) is 32.7 Å². The Labute approximate surface area is 207 Å². The van der Waals surface area contributed by atoms with Gasteiger partial charge in [-0.2, -0.15) is 0 Å². The summed E-state index contributed by atoms with van der Waals surface area (Å²) in [5.74, 6) is 2.93. The van der Waals surface area contributed by atoms with Gasteiger partial charge in [-0.3, -0.25) is 9.89 Å². The van der Waals surface area contributed by atoms with Crippen molar-refractivity contribution in [1.29, 1.82) is 0 Å². The molecule has 0 spiro atoms. The minimum absolute atomic E-state index is 0. The van der Waals surface area contributed by atoms with Gasteiger partial charge in [0.2, 0.25) is 0 Å². The first kappa shape index (κ1) is 23.1. The van der Waals surface area contributed by atoms with Crippen LogP contribution in [0.1, 0.15) is 42.7 Å². The second kappa shape index (κ2) is 11.2. The lowest BCUT2D eigenvalue weighted by Gasteiger charge is -2.48. The van der Waals surface area contributed by atoms with E-state index >= 15 is 0 Å². The first-order valence-electron chi connectivity index (χ1n) is 11.7. The number of hydrogen-bond donors (Lipinski definition) is 1. The maximum Gasteiger partial charge on any atom is 0.193 e. The number of nitrogens with zero attached hydrogens (tertiary/aromatic N) is 3. The zero-order chi connectivity index (χ0) is 20.2. The smallest absolute Gasteiger partial charge is 0.193 e. The highest BCUT2D eigenvalue weighted by molar-refractivity contribution is 14.0. The molecule has 2 atom stereocenters. The molecule has 31 heavy (non-hydrogen) atoms. The summed E-state index contributed by atoms with van der Waals surface area (Å²) in [6.45, 7) is 5.32. The number of thiophene rings is 1. The second-order valence-electron chi connectivity index (χ2n) is 8.96. The van der Waals surface area contributed by atoms with Crippen molar-refractivity contribution in [1.82, 2.24) is 15.1 Å². The van der Waals surface area contributed by atoms with Gasteiger partial charge in [-0.1, -0.05) is 6.07 Å². The van der Waals surface area contributed by atoms with Crippen molar-refractivity contribution >= 4 is 41.3 Å². The SMILES string of the molecule is I.c1coc(CCNC(=NCCc2cccs2)N2CCC3C(CCCN3C3CC3)C2)c1. The third-order valence-corrected chi connectivity index (χ3v) is 7.80. The van der Waals surface area contributed by atoms with Crippen LogP contribution in [0.2, 0.25) is 0 Å². The lowest BCUT2D eigenvalue weighted by Crippen LogP contribution is -2.57. The molecule has 3 fully saturated rings. The molecule has 0 bridgehead atoms. The molecule has 7 heteroatoms. The van der Waals surface area contributed by atoms with Crippen molar-refractivity contribution in [3.05, 3.63) is 46.5 Å². The number of likely N-dealkylation sites (tertiary alicyclic amines) is 2. The Morgan fingerprint density at radius 2 is 2.06 bits per heavy atom. The van der Waals surface area contributed by atoms with E-state index < -0.39 is 0 Å². The zero-order valence-corrected chi connectivity index (χ0v) is 21.4. The van der Waals surface area contributed by atoms with Gasteiger partial charge >= 0.3 is 0 Å². The topological polar surface area (TPSA) is 44.0 Å². The van der Waals surface area contributed by atoms with E-state index in [1.54, 1.807) is 6.26 Å². The Balaban J connectivity index is 0.00000231. The van der Waals surface area contributed by atoms with Gasteiger partial charge in [-0.05, 0) is 68.1 Å². The fraction of sp³-hybridized carbons (Fsp3) is 0.625. The molecule has 1 saturated carbocycles. The molecule has 5 nitrogen and oxygen atoms in total. The standard InChI is InChI=1S/C24H34N4OS.HI/c1-4-19-18-27(15-11-23(19)28(14-1)20-7-8-20)24(25-12-9-21-5-2-16-29-21)26-13-10-22-6-3-17-30-22;/h2-3,5-6,16-17,19-20,23H,1,4,7-15,18H2,(H,25,26);1H. The van der Waals surface area contributed by atoms with E-state index in [0.29, 0.717) is 0 Å². The molecule has 2 unspecified atom stereocenters. The van der Waals surface area contributed by atoms with E-state index in [1.165, 1.54) is 43.5 Å². The first-order chi connectivity index (χ1) is 14.9. The average Bonchev–Trinajstić information content (AvgIpc) is 3.23. The van der Waals surface area contributed by atoms with Crippen LogP contribution in [0.3, 0.4) is 0 Å². The lowest BCUT2D eigenvalue weighted by atomic mass is 9.83. The van der Waals surface area contributed by atoms with Crippen LogP contribution in [0.25, 0.3) is 0 Å². The van der Waals surface area contributed by atoms with Crippen LogP contribution in [0, 0.1) is 5.92 Å². The Morgan fingerprint density at radius 3 is 2.84 bits per heavy atom. The summed E-state index contributed by atoms with van der Waals surface area (Å²) in [6, 6.07) is 10.1. The molecule has 2 saturated heterocycles. The maximum atomic E-state index is 5.50. The van der Waals surface area contributed by atoms with E-state index in [9.17, 15) is 0 Å². The van der Waals surface area contributed by atoms with E-state index in [-0.39, 0.29) is 24.0 Å². The fourth-order valence-corrected chi connectivity index (χ4v) is 5.94. The molecule has 1 aliphatic carbocycles. The molecule has 0 aromatic carbocycles. The Hall–Kier alpha value is -1.06. The first-order valence-corrected chi connectivity index (χ1v) is 12.6. The van der Waals surface area contributed by atoms with Crippen LogP contribution in [0.15, 0.2) is 45.3 Å². The summed E-state index contributed by atoms with van der Waals surface area (Å²) in [7, 11) is 0. The van der Waals surface area contributed by atoms with Crippen LogP contribution in [0.5, 0.6) is 0 Å². The number of furan rings is 1. The molecular weight excluding hydrogens is 519 g/mol. The van der Waals surface area contributed by atoms with Gasteiger partial charge in [0.25, 0.3) is 0 Å². The molecule has 5 rings (SSSR count). The molecule has 0 radical (unpaired) electrons. The monoisotopic (exact) mass is 554 g/mol. The second-order valence-corrected chi connectivity index (χ2v) is 10.00. The van der Waals surface area contributed by atoms with Gasteiger partial charge in [-0.25, -0.2) is 0 Å². The summed E-state index contributed by atoms with van der Waals surface area (Å²) in [6.07, 6.45) is 10.5. The number of halogens is 1. The number of piperidine rings is 2. The number of rotatable bonds is 7. The third kappa shape index (κ3) is 6.05. The van der Waals surface area contributed by atoms with Gasteiger partial charge in [-0.15, -0.1) is 35.3 Å². The molecule has 1 N–H and O–H groups in total. The maximum absolute atomic E-state index is 5.50. The molecule has 0 amide bonds. The van der Waals surface area contributed by atoms with Crippen molar-refractivity contribution < 1.29 is 4.42 Å². The molecule has 2 aliphatic heterocycles. The Morgan fingerprint density at radius 1 is 1.13 bits per heavy atom. The number of fused-ring (bicyclic) bond motifs is 1. The third-order valence-electron chi connectivity index (χ3n) is 6.86. The number of guanidine groups is 1. The van der Waals surface area contributed by atoms with Crippen molar-refractivity contribution in [3.8, 4) is 0 Å². The highest BCUT2D eigenvalue weighted by Crippen LogP contribution is 2.38. The predicted molar refractivity (Wildman–Crippen MR) is 139 cm³/mol. The minimum Gasteiger partial charge on any atom is -0.469 e.